The molecular weight excluding hydrogens is 264 g/mol. The Bertz CT molecular complexity index is 567. The first kappa shape index (κ1) is 15.0. The molecule has 1 heterocycles. The maximum atomic E-state index is 11.9. The monoisotopic (exact) mass is 284 g/mol. The molecule has 110 valence electrons. The van der Waals surface area contributed by atoms with Crippen LogP contribution < -0.4 is 10.1 Å². The second kappa shape index (κ2) is 7.43. The number of hydrogen-bond acceptors (Lipinski definition) is 3. The van der Waals surface area contributed by atoms with E-state index < -0.39 is 0 Å². The third-order valence-corrected chi connectivity index (χ3v) is 3.29. The molecule has 2 rings (SSSR count). The van der Waals surface area contributed by atoms with E-state index >= 15 is 0 Å². The largest absolute Gasteiger partial charge is 0.484 e. The quantitative estimate of drug-likeness (QED) is 0.887. The number of ether oxygens (including phenoxy) is 1. The summed E-state index contributed by atoms with van der Waals surface area (Å²) in [5, 5.41) is 2.90. The fraction of sp³-hybridized carbons (Fsp3) is 0.294. The lowest BCUT2D eigenvalue weighted by Gasteiger charge is -2.14. The molecule has 0 aliphatic heterocycles. The number of benzene rings is 1. The van der Waals surface area contributed by atoms with Crippen molar-refractivity contribution in [2.75, 3.05) is 6.61 Å². The van der Waals surface area contributed by atoms with Crippen LogP contribution in [0, 0.1) is 0 Å². The minimum Gasteiger partial charge on any atom is -0.484 e. The summed E-state index contributed by atoms with van der Waals surface area (Å²) in [4.78, 5) is 15.8. The van der Waals surface area contributed by atoms with Crippen molar-refractivity contribution in [3.05, 3.63) is 59.9 Å². The highest BCUT2D eigenvalue weighted by Gasteiger charge is 2.09. The molecule has 0 fully saturated rings. The maximum absolute atomic E-state index is 11.9. The van der Waals surface area contributed by atoms with Gasteiger partial charge in [0.2, 0.25) is 0 Å². The fourth-order valence-corrected chi connectivity index (χ4v) is 1.99. The molecule has 0 aliphatic rings. The van der Waals surface area contributed by atoms with Gasteiger partial charge in [-0.3, -0.25) is 9.78 Å². The fourth-order valence-electron chi connectivity index (χ4n) is 1.99. The van der Waals surface area contributed by atoms with Crippen LogP contribution in [-0.2, 0) is 11.2 Å². The first-order valence-corrected chi connectivity index (χ1v) is 7.10. The summed E-state index contributed by atoms with van der Waals surface area (Å²) in [6.07, 6.45) is 4.41. The standard InChI is InChI=1S/C17H20N2O2/c1-3-14-4-6-16(7-5-14)21-12-17(20)19-13(2)15-8-10-18-11-9-15/h4-11,13H,3,12H2,1-2H3,(H,19,20)/t13-/m1/s1. The number of hydrogen-bond donors (Lipinski definition) is 1. The van der Waals surface area contributed by atoms with Crippen LogP contribution in [0.2, 0.25) is 0 Å². The number of aromatic nitrogens is 1. The molecule has 0 spiro atoms. The second-order valence-electron chi connectivity index (χ2n) is 4.86. The van der Waals surface area contributed by atoms with Gasteiger partial charge >= 0.3 is 0 Å². The van der Waals surface area contributed by atoms with Crippen molar-refractivity contribution in [3.63, 3.8) is 0 Å². The highest BCUT2D eigenvalue weighted by molar-refractivity contribution is 5.78. The van der Waals surface area contributed by atoms with E-state index in [1.165, 1.54) is 5.56 Å². The van der Waals surface area contributed by atoms with E-state index in [2.05, 4.69) is 17.2 Å². The molecule has 0 bridgehead atoms. The molecule has 1 N–H and O–H groups in total. The Hall–Kier alpha value is -2.36. The maximum Gasteiger partial charge on any atom is 0.258 e. The van der Waals surface area contributed by atoms with Gasteiger partial charge in [0.15, 0.2) is 6.61 Å². The van der Waals surface area contributed by atoms with Crippen LogP contribution in [-0.4, -0.2) is 17.5 Å². The van der Waals surface area contributed by atoms with Crippen LogP contribution in [0.25, 0.3) is 0 Å². The van der Waals surface area contributed by atoms with Crippen LogP contribution in [0.4, 0.5) is 0 Å². The number of amides is 1. The Kier molecular flexibility index (Phi) is 5.32. The van der Waals surface area contributed by atoms with Crippen LogP contribution in [0.5, 0.6) is 5.75 Å². The average molecular weight is 284 g/mol. The molecule has 0 saturated heterocycles. The molecule has 2 aromatic rings. The predicted molar refractivity (Wildman–Crippen MR) is 82.1 cm³/mol. The molecular formula is C17H20N2O2. The van der Waals surface area contributed by atoms with Crippen LogP contribution >= 0.6 is 0 Å². The zero-order chi connectivity index (χ0) is 15.1. The number of rotatable bonds is 6. The highest BCUT2D eigenvalue weighted by atomic mass is 16.5. The molecule has 1 aromatic heterocycles. The van der Waals surface area contributed by atoms with Gasteiger partial charge in [-0.15, -0.1) is 0 Å². The van der Waals surface area contributed by atoms with Crippen LogP contribution in [0.1, 0.15) is 31.0 Å². The van der Waals surface area contributed by atoms with Gasteiger partial charge in [-0.05, 0) is 48.7 Å². The molecule has 1 amide bonds. The second-order valence-corrected chi connectivity index (χ2v) is 4.86. The lowest BCUT2D eigenvalue weighted by Crippen LogP contribution is -2.31. The van der Waals surface area contributed by atoms with Crippen LogP contribution in [0.3, 0.4) is 0 Å². The predicted octanol–water partition coefficient (Wildman–Crippen LogP) is 2.90. The summed E-state index contributed by atoms with van der Waals surface area (Å²) in [5.74, 6) is 0.567. The Morgan fingerprint density at radius 2 is 1.86 bits per heavy atom. The van der Waals surface area contributed by atoms with Gasteiger partial charge < -0.3 is 10.1 Å². The number of pyridine rings is 1. The zero-order valence-corrected chi connectivity index (χ0v) is 12.4. The van der Waals surface area contributed by atoms with Crippen molar-refractivity contribution < 1.29 is 9.53 Å². The van der Waals surface area contributed by atoms with Gasteiger partial charge in [-0.2, -0.15) is 0 Å². The van der Waals surface area contributed by atoms with Gasteiger partial charge in [0.25, 0.3) is 5.91 Å². The van der Waals surface area contributed by atoms with Crippen LogP contribution in [0.15, 0.2) is 48.8 Å². The lowest BCUT2D eigenvalue weighted by atomic mass is 10.1. The summed E-state index contributed by atoms with van der Waals surface area (Å²) >= 11 is 0. The Morgan fingerprint density at radius 3 is 2.48 bits per heavy atom. The first-order chi connectivity index (χ1) is 10.2. The van der Waals surface area contributed by atoms with Crippen molar-refractivity contribution >= 4 is 5.91 Å². The molecule has 1 aromatic carbocycles. The van der Waals surface area contributed by atoms with E-state index in [4.69, 9.17) is 4.74 Å². The molecule has 4 nitrogen and oxygen atoms in total. The number of nitrogens with one attached hydrogen (secondary N) is 1. The number of carbonyl (C=O) groups excluding carboxylic acids is 1. The van der Waals surface area contributed by atoms with Gasteiger partial charge in [0, 0.05) is 12.4 Å². The molecule has 21 heavy (non-hydrogen) atoms. The van der Waals surface area contributed by atoms with E-state index in [1.54, 1.807) is 12.4 Å². The minimum absolute atomic E-state index is 0.0148. The first-order valence-electron chi connectivity index (χ1n) is 7.10. The highest BCUT2D eigenvalue weighted by Crippen LogP contribution is 2.13. The van der Waals surface area contributed by atoms with E-state index in [1.807, 2.05) is 43.3 Å². The molecule has 0 radical (unpaired) electrons. The Morgan fingerprint density at radius 1 is 1.19 bits per heavy atom. The molecule has 4 heteroatoms. The van der Waals surface area contributed by atoms with Gasteiger partial charge in [0.05, 0.1) is 6.04 Å². The molecule has 0 aliphatic carbocycles. The number of nitrogens with zero attached hydrogens (tertiary/aromatic N) is 1. The summed E-state index contributed by atoms with van der Waals surface area (Å²) in [5.41, 5.74) is 2.27. The lowest BCUT2D eigenvalue weighted by molar-refractivity contribution is -0.123. The van der Waals surface area contributed by atoms with Crippen molar-refractivity contribution in [1.29, 1.82) is 0 Å². The molecule has 1 atom stereocenters. The van der Waals surface area contributed by atoms with Gasteiger partial charge in [-0.1, -0.05) is 19.1 Å². The summed E-state index contributed by atoms with van der Waals surface area (Å²) < 4.78 is 5.48. The molecule has 0 unspecified atom stereocenters. The van der Waals surface area contributed by atoms with Crippen molar-refractivity contribution in [2.24, 2.45) is 0 Å². The zero-order valence-electron chi connectivity index (χ0n) is 12.4. The average Bonchev–Trinajstić information content (AvgIpc) is 2.54. The summed E-state index contributed by atoms with van der Waals surface area (Å²) in [7, 11) is 0. The summed E-state index contributed by atoms with van der Waals surface area (Å²) in [6, 6.07) is 11.5. The SMILES string of the molecule is CCc1ccc(OCC(=O)N[C@H](C)c2ccncc2)cc1. The summed E-state index contributed by atoms with van der Waals surface area (Å²) in [6.45, 7) is 4.05. The van der Waals surface area contributed by atoms with E-state index in [-0.39, 0.29) is 18.6 Å². The minimum atomic E-state index is -0.140. The topological polar surface area (TPSA) is 51.2 Å². The van der Waals surface area contributed by atoms with Gasteiger partial charge in [-0.25, -0.2) is 0 Å². The van der Waals surface area contributed by atoms with Gasteiger partial charge in [0.1, 0.15) is 5.75 Å². The van der Waals surface area contributed by atoms with Crippen molar-refractivity contribution in [3.8, 4) is 5.75 Å². The third kappa shape index (κ3) is 4.60. The Labute approximate surface area is 125 Å². The van der Waals surface area contributed by atoms with E-state index in [0.29, 0.717) is 5.75 Å². The van der Waals surface area contributed by atoms with Crippen molar-refractivity contribution in [2.45, 2.75) is 26.3 Å². The normalized spacial score (nSPS) is 11.7. The van der Waals surface area contributed by atoms with Crippen molar-refractivity contribution in [1.82, 2.24) is 10.3 Å². The Balaban J connectivity index is 1.81. The molecule has 0 saturated carbocycles. The number of carbonyl (C=O) groups is 1. The third-order valence-electron chi connectivity index (χ3n) is 3.29. The van der Waals surface area contributed by atoms with E-state index in [0.717, 1.165) is 12.0 Å². The number of aryl methyl sites for hydroxylation is 1. The smallest absolute Gasteiger partial charge is 0.258 e. The van der Waals surface area contributed by atoms with E-state index in [9.17, 15) is 4.79 Å².